The first kappa shape index (κ1) is 20.9. The molecular formula is C20H23ClN2O4. The van der Waals surface area contributed by atoms with Crippen LogP contribution in [0, 0.1) is 6.92 Å². The van der Waals surface area contributed by atoms with E-state index in [4.69, 9.17) is 16.3 Å². The predicted octanol–water partition coefficient (Wildman–Crippen LogP) is 3.76. The summed E-state index contributed by atoms with van der Waals surface area (Å²) >= 11 is 5.98. The average molecular weight is 391 g/mol. The maximum absolute atomic E-state index is 12.8. The van der Waals surface area contributed by atoms with Gasteiger partial charge in [-0.1, -0.05) is 17.7 Å². The van der Waals surface area contributed by atoms with E-state index in [0.29, 0.717) is 34.3 Å². The number of aryl methyl sites for hydroxylation is 1. The third kappa shape index (κ3) is 4.28. The van der Waals surface area contributed by atoms with Crippen molar-refractivity contribution in [1.82, 2.24) is 9.55 Å². The number of hydrogen-bond acceptors (Lipinski definition) is 5. The molecule has 1 aromatic carbocycles. The van der Waals surface area contributed by atoms with E-state index in [1.165, 1.54) is 0 Å². The van der Waals surface area contributed by atoms with E-state index in [9.17, 15) is 9.59 Å². The minimum atomic E-state index is -0.151. The predicted molar refractivity (Wildman–Crippen MR) is 108 cm³/mol. The first-order valence-electron chi connectivity index (χ1n) is 8.67. The van der Waals surface area contributed by atoms with Crippen LogP contribution in [0.25, 0.3) is 21.9 Å². The molecule has 3 aromatic rings. The number of halogens is 1. The molecule has 2 aromatic heterocycles. The van der Waals surface area contributed by atoms with Crippen molar-refractivity contribution in [3.05, 3.63) is 45.2 Å². The standard InChI is InChI=1S/C17H15ClN2O3.C3H8O/c1-3-23-16-10(2)4-5-11-14(16)20(8-9-21)17-12(15(11)22)6-7-13(18)19-17;1-3-4-2/h4-7,9H,3,8H2,1-2H3;3H2,1-2H3. The lowest BCUT2D eigenvalue weighted by Crippen LogP contribution is -2.15. The van der Waals surface area contributed by atoms with E-state index in [-0.39, 0.29) is 17.1 Å². The Morgan fingerprint density at radius 2 is 1.81 bits per heavy atom. The van der Waals surface area contributed by atoms with Crippen LogP contribution in [-0.4, -0.2) is 36.2 Å². The molecule has 0 saturated heterocycles. The van der Waals surface area contributed by atoms with Crippen molar-refractivity contribution in [2.75, 3.05) is 20.3 Å². The third-order valence-corrected chi connectivity index (χ3v) is 4.23. The van der Waals surface area contributed by atoms with Crippen molar-refractivity contribution >= 4 is 39.8 Å². The Hall–Kier alpha value is -2.44. The number of aldehydes is 1. The second-order valence-electron chi connectivity index (χ2n) is 5.73. The molecule has 7 heteroatoms. The monoisotopic (exact) mass is 390 g/mol. The fourth-order valence-corrected chi connectivity index (χ4v) is 2.90. The number of rotatable bonds is 5. The molecule has 3 rings (SSSR count). The number of benzene rings is 1. The Bertz CT molecular complexity index is 1010. The van der Waals surface area contributed by atoms with Gasteiger partial charge in [-0.2, -0.15) is 0 Å². The van der Waals surface area contributed by atoms with Gasteiger partial charge >= 0.3 is 0 Å². The maximum atomic E-state index is 12.8. The number of fused-ring (bicyclic) bond motifs is 2. The van der Waals surface area contributed by atoms with Gasteiger partial charge in [0.15, 0.2) is 5.43 Å². The quantitative estimate of drug-likeness (QED) is 0.377. The van der Waals surface area contributed by atoms with Gasteiger partial charge in [0.2, 0.25) is 0 Å². The highest BCUT2D eigenvalue weighted by atomic mass is 35.5. The summed E-state index contributed by atoms with van der Waals surface area (Å²) in [4.78, 5) is 28.2. The average Bonchev–Trinajstić information content (AvgIpc) is 2.67. The second kappa shape index (κ2) is 9.48. The third-order valence-electron chi connectivity index (χ3n) is 4.02. The molecule has 2 heterocycles. The molecule has 0 amide bonds. The van der Waals surface area contributed by atoms with Gasteiger partial charge in [-0.15, -0.1) is 0 Å². The summed E-state index contributed by atoms with van der Waals surface area (Å²) < 4.78 is 12.0. The minimum absolute atomic E-state index is 0.0597. The molecule has 0 radical (unpaired) electrons. The molecule has 6 nitrogen and oxygen atoms in total. The SMILES string of the molecule is CCOC.CCOc1c(C)ccc2c(=O)c3ccc(Cl)nc3n(CC=O)c12. The first-order chi connectivity index (χ1) is 13.0. The number of pyridine rings is 2. The lowest BCUT2D eigenvalue weighted by atomic mass is 10.1. The van der Waals surface area contributed by atoms with Gasteiger partial charge in [-0.25, -0.2) is 4.98 Å². The van der Waals surface area contributed by atoms with Crippen molar-refractivity contribution in [2.24, 2.45) is 0 Å². The summed E-state index contributed by atoms with van der Waals surface area (Å²) in [6.45, 7) is 7.06. The summed E-state index contributed by atoms with van der Waals surface area (Å²) in [7, 11) is 1.68. The smallest absolute Gasteiger partial charge is 0.198 e. The van der Waals surface area contributed by atoms with Crippen LogP contribution in [0.5, 0.6) is 5.75 Å². The highest BCUT2D eigenvalue weighted by molar-refractivity contribution is 6.29. The molecule has 0 fully saturated rings. The highest BCUT2D eigenvalue weighted by Crippen LogP contribution is 2.30. The molecular weight excluding hydrogens is 368 g/mol. The molecule has 0 saturated carbocycles. The summed E-state index contributed by atoms with van der Waals surface area (Å²) in [6.07, 6.45) is 0.768. The Morgan fingerprint density at radius 1 is 1.15 bits per heavy atom. The van der Waals surface area contributed by atoms with E-state index < -0.39 is 0 Å². The Kier molecular flexibility index (Phi) is 7.33. The van der Waals surface area contributed by atoms with Crippen LogP contribution in [0.3, 0.4) is 0 Å². The van der Waals surface area contributed by atoms with Crippen LogP contribution in [0.1, 0.15) is 19.4 Å². The summed E-state index contributed by atoms with van der Waals surface area (Å²) in [5.74, 6) is 0.590. The number of carbonyl (C=O) groups excluding carboxylic acids is 1. The van der Waals surface area contributed by atoms with Crippen LogP contribution < -0.4 is 10.2 Å². The van der Waals surface area contributed by atoms with E-state index in [2.05, 4.69) is 9.72 Å². The van der Waals surface area contributed by atoms with Crippen molar-refractivity contribution in [2.45, 2.75) is 27.3 Å². The molecule has 0 unspecified atom stereocenters. The van der Waals surface area contributed by atoms with Gasteiger partial charge in [0, 0.05) is 13.7 Å². The maximum Gasteiger partial charge on any atom is 0.198 e. The zero-order valence-electron chi connectivity index (χ0n) is 15.9. The molecule has 0 atom stereocenters. The zero-order chi connectivity index (χ0) is 20.0. The van der Waals surface area contributed by atoms with Gasteiger partial charge in [-0.3, -0.25) is 4.79 Å². The van der Waals surface area contributed by atoms with Gasteiger partial charge in [0.1, 0.15) is 22.8 Å². The molecule has 144 valence electrons. The number of nitrogens with zero attached hydrogens (tertiary/aromatic N) is 2. The summed E-state index contributed by atoms with van der Waals surface area (Å²) in [5, 5.41) is 1.19. The Balaban J connectivity index is 0.000000596. The van der Waals surface area contributed by atoms with Crippen molar-refractivity contribution in [3.63, 3.8) is 0 Å². The fourth-order valence-electron chi connectivity index (χ4n) is 2.76. The van der Waals surface area contributed by atoms with Crippen LogP contribution in [0.15, 0.2) is 29.1 Å². The summed E-state index contributed by atoms with van der Waals surface area (Å²) in [6, 6.07) is 6.80. The van der Waals surface area contributed by atoms with Crippen LogP contribution in [0.4, 0.5) is 0 Å². The van der Waals surface area contributed by atoms with Crippen molar-refractivity contribution < 1.29 is 14.3 Å². The Morgan fingerprint density at radius 3 is 2.41 bits per heavy atom. The number of aromatic nitrogens is 2. The number of ether oxygens (including phenoxy) is 2. The fraction of sp³-hybridized carbons (Fsp3) is 0.350. The van der Waals surface area contributed by atoms with Crippen LogP contribution in [-0.2, 0) is 16.1 Å². The molecule has 0 aliphatic carbocycles. The summed E-state index contributed by atoms with van der Waals surface area (Å²) in [5.41, 5.74) is 1.70. The molecule has 0 spiro atoms. The van der Waals surface area contributed by atoms with Crippen LogP contribution in [0.2, 0.25) is 5.15 Å². The minimum Gasteiger partial charge on any atom is -0.491 e. The zero-order valence-corrected chi connectivity index (χ0v) is 16.7. The van der Waals surface area contributed by atoms with E-state index >= 15 is 0 Å². The molecule has 0 aliphatic heterocycles. The van der Waals surface area contributed by atoms with Crippen molar-refractivity contribution in [1.29, 1.82) is 0 Å². The van der Waals surface area contributed by atoms with E-state index in [1.54, 1.807) is 29.9 Å². The van der Waals surface area contributed by atoms with Gasteiger partial charge in [0.05, 0.1) is 29.4 Å². The molecule has 27 heavy (non-hydrogen) atoms. The van der Waals surface area contributed by atoms with Gasteiger partial charge in [0.25, 0.3) is 0 Å². The second-order valence-corrected chi connectivity index (χ2v) is 6.12. The molecule has 0 N–H and O–H groups in total. The number of carbonyl (C=O) groups is 1. The Labute approximate surface area is 162 Å². The number of methoxy groups -OCH3 is 1. The van der Waals surface area contributed by atoms with Gasteiger partial charge in [-0.05, 0) is 44.5 Å². The lowest BCUT2D eigenvalue weighted by molar-refractivity contribution is -0.108. The van der Waals surface area contributed by atoms with Crippen molar-refractivity contribution in [3.8, 4) is 5.75 Å². The molecule has 0 bridgehead atoms. The van der Waals surface area contributed by atoms with E-state index in [0.717, 1.165) is 18.5 Å². The first-order valence-corrected chi connectivity index (χ1v) is 9.05. The van der Waals surface area contributed by atoms with Crippen LogP contribution >= 0.6 is 11.6 Å². The lowest BCUT2D eigenvalue weighted by Gasteiger charge is -2.17. The normalized spacial score (nSPS) is 10.6. The topological polar surface area (TPSA) is 70.4 Å². The highest BCUT2D eigenvalue weighted by Gasteiger charge is 2.17. The largest absolute Gasteiger partial charge is 0.491 e. The number of hydrogen-bond donors (Lipinski definition) is 0. The molecule has 0 aliphatic rings. The van der Waals surface area contributed by atoms with E-state index in [1.807, 2.05) is 26.8 Å². The van der Waals surface area contributed by atoms with Gasteiger partial charge < -0.3 is 18.8 Å².